The highest BCUT2D eigenvalue weighted by Crippen LogP contribution is 2.46. The molecule has 33 heavy (non-hydrogen) atoms. The molecule has 0 aliphatic heterocycles. The monoisotopic (exact) mass is 421 g/mol. The molecule has 0 saturated carbocycles. The highest BCUT2D eigenvalue weighted by molar-refractivity contribution is 6.25. The van der Waals surface area contributed by atoms with Crippen LogP contribution in [0.3, 0.4) is 0 Å². The molecule has 0 N–H and O–H groups in total. The van der Waals surface area contributed by atoms with Crippen molar-refractivity contribution in [3.05, 3.63) is 114 Å². The third-order valence-corrected chi connectivity index (χ3v) is 7.23. The van der Waals surface area contributed by atoms with E-state index in [1.54, 1.807) is 0 Å². The molecule has 2 heteroatoms. The summed E-state index contributed by atoms with van der Waals surface area (Å²) in [5, 5.41) is 5.00. The topological polar surface area (TPSA) is 18.1 Å². The number of hydrogen-bond acceptors (Lipinski definition) is 1. The van der Waals surface area contributed by atoms with Crippen molar-refractivity contribution in [2.24, 2.45) is 0 Å². The first-order valence-corrected chi connectivity index (χ1v) is 11.4. The van der Waals surface area contributed by atoms with E-state index in [1.165, 1.54) is 55.1 Å². The zero-order chi connectivity index (χ0) is 21.5. The Hall–Kier alpha value is -4.30. The zero-order valence-corrected chi connectivity index (χ0v) is 17.9. The second-order valence-electron chi connectivity index (χ2n) is 8.92. The molecule has 2 heterocycles. The average molecular weight is 421 g/mol. The van der Waals surface area contributed by atoms with Crippen LogP contribution in [0.25, 0.3) is 60.6 Å². The van der Waals surface area contributed by atoms with Gasteiger partial charge in [0.2, 0.25) is 0 Å². The van der Waals surface area contributed by atoms with E-state index in [2.05, 4.69) is 102 Å². The Bertz CT molecular complexity index is 1890. The van der Waals surface area contributed by atoms with Crippen LogP contribution in [-0.2, 0) is 6.42 Å². The highest BCUT2D eigenvalue weighted by Gasteiger charge is 2.25. The van der Waals surface area contributed by atoms with Crippen LogP contribution in [0.1, 0.15) is 11.1 Å². The van der Waals surface area contributed by atoms with Crippen LogP contribution in [-0.4, -0.2) is 4.57 Å². The van der Waals surface area contributed by atoms with Gasteiger partial charge in [0.15, 0.2) is 0 Å². The van der Waals surface area contributed by atoms with Gasteiger partial charge in [-0.05, 0) is 65.1 Å². The van der Waals surface area contributed by atoms with Gasteiger partial charge >= 0.3 is 0 Å². The van der Waals surface area contributed by atoms with Crippen molar-refractivity contribution in [3.8, 4) is 16.8 Å². The van der Waals surface area contributed by atoms with Gasteiger partial charge in [0, 0.05) is 21.8 Å². The summed E-state index contributed by atoms with van der Waals surface area (Å²) >= 11 is 0. The number of nitrogens with zero attached hydrogens (tertiary/aromatic N) is 1. The maximum atomic E-state index is 6.28. The first-order chi connectivity index (χ1) is 16.4. The van der Waals surface area contributed by atoms with Gasteiger partial charge in [0.25, 0.3) is 0 Å². The Morgan fingerprint density at radius 3 is 2.33 bits per heavy atom. The Morgan fingerprint density at radius 2 is 1.39 bits per heavy atom. The van der Waals surface area contributed by atoms with Crippen molar-refractivity contribution in [2.75, 3.05) is 0 Å². The summed E-state index contributed by atoms with van der Waals surface area (Å²) < 4.78 is 8.71. The predicted molar refractivity (Wildman–Crippen MR) is 136 cm³/mol. The van der Waals surface area contributed by atoms with Crippen molar-refractivity contribution in [1.29, 1.82) is 0 Å². The average Bonchev–Trinajstić information content (AvgIpc) is 3.53. The summed E-state index contributed by atoms with van der Waals surface area (Å²) in [4.78, 5) is 0. The second-order valence-corrected chi connectivity index (χ2v) is 8.92. The number of benzene rings is 5. The maximum Gasteiger partial charge on any atom is 0.137 e. The summed E-state index contributed by atoms with van der Waals surface area (Å²) in [7, 11) is 0. The van der Waals surface area contributed by atoms with Crippen LogP contribution in [0.5, 0.6) is 0 Å². The number of hydrogen-bond donors (Lipinski definition) is 0. The fraction of sp³-hybridized carbons (Fsp3) is 0.0323. The largest absolute Gasteiger partial charge is 0.456 e. The molecule has 0 fully saturated rings. The molecule has 0 spiro atoms. The van der Waals surface area contributed by atoms with E-state index in [0.717, 1.165) is 23.0 Å². The summed E-state index contributed by atoms with van der Waals surface area (Å²) in [5.41, 5.74) is 11.1. The van der Waals surface area contributed by atoms with E-state index in [1.807, 2.05) is 6.07 Å². The predicted octanol–water partition coefficient (Wildman–Crippen LogP) is 8.25. The van der Waals surface area contributed by atoms with Crippen LogP contribution in [0.4, 0.5) is 0 Å². The van der Waals surface area contributed by atoms with E-state index in [9.17, 15) is 0 Å². The molecule has 0 amide bonds. The molecule has 0 radical (unpaired) electrons. The lowest BCUT2D eigenvalue weighted by Gasteiger charge is -2.09. The maximum absolute atomic E-state index is 6.28. The van der Waals surface area contributed by atoms with E-state index < -0.39 is 0 Å². The van der Waals surface area contributed by atoms with E-state index in [4.69, 9.17) is 4.42 Å². The molecule has 1 aliphatic rings. The van der Waals surface area contributed by atoms with Crippen LogP contribution in [0.15, 0.2) is 108 Å². The van der Waals surface area contributed by atoms with Gasteiger partial charge < -0.3 is 8.98 Å². The standard InChI is InChI=1S/C31H19NO/c1-2-9-20(10-3-1)32-26-16-14-22-21-11-5-4-8-19(21)18-25(22)29(26)24-15-17-28-30(31(24)32)23-12-6-7-13-27(23)33-28/h1-17H,18H2. The third-order valence-electron chi connectivity index (χ3n) is 7.23. The Labute approximate surface area is 190 Å². The fourth-order valence-electron chi connectivity index (χ4n) is 5.88. The Kier molecular flexibility index (Phi) is 3.22. The van der Waals surface area contributed by atoms with Gasteiger partial charge in [-0.25, -0.2) is 0 Å². The molecular formula is C31H19NO. The first-order valence-electron chi connectivity index (χ1n) is 11.4. The quantitative estimate of drug-likeness (QED) is 0.261. The second kappa shape index (κ2) is 6.14. The number of rotatable bonds is 1. The number of aromatic nitrogens is 1. The molecule has 0 unspecified atom stereocenters. The lowest BCUT2D eigenvalue weighted by atomic mass is 10.00. The molecule has 0 bridgehead atoms. The summed E-state index contributed by atoms with van der Waals surface area (Å²) in [5.74, 6) is 0. The molecule has 0 saturated heterocycles. The van der Waals surface area contributed by atoms with Crippen molar-refractivity contribution in [1.82, 2.24) is 4.57 Å². The third kappa shape index (κ3) is 2.18. The van der Waals surface area contributed by atoms with Gasteiger partial charge in [-0.15, -0.1) is 0 Å². The van der Waals surface area contributed by atoms with E-state index in [0.29, 0.717) is 0 Å². The lowest BCUT2D eigenvalue weighted by Crippen LogP contribution is -1.94. The molecule has 5 aromatic carbocycles. The summed E-state index contributed by atoms with van der Waals surface area (Å²) in [6.07, 6.45) is 0.973. The molecule has 1 aliphatic carbocycles. The highest BCUT2D eigenvalue weighted by atomic mass is 16.3. The van der Waals surface area contributed by atoms with Crippen LogP contribution < -0.4 is 0 Å². The summed E-state index contributed by atoms with van der Waals surface area (Å²) in [6, 6.07) is 36.9. The van der Waals surface area contributed by atoms with Crippen molar-refractivity contribution in [3.63, 3.8) is 0 Å². The van der Waals surface area contributed by atoms with Gasteiger partial charge in [-0.1, -0.05) is 66.7 Å². The van der Waals surface area contributed by atoms with Gasteiger partial charge in [-0.3, -0.25) is 0 Å². The SMILES string of the molecule is c1ccc(-n2c3ccc4c(c3c3ccc5oc6ccccc6c5c32)Cc2ccccc2-4)cc1. The normalized spacial score (nSPS) is 12.7. The number of para-hydroxylation sites is 2. The molecule has 0 atom stereocenters. The molecule has 2 aromatic heterocycles. The van der Waals surface area contributed by atoms with Crippen LogP contribution >= 0.6 is 0 Å². The molecular weight excluding hydrogens is 402 g/mol. The van der Waals surface area contributed by atoms with Crippen LogP contribution in [0.2, 0.25) is 0 Å². The minimum Gasteiger partial charge on any atom is -0.456 e. The molecule has 2 nitrogen and oxygen atoms in total. The van der Waals surface area contributed by atoms with Gasteiger partial charge in [-0.2, -0.15) is 0 Å². The van der Waals surface area contributed by atoms with Gasteiger partial charge in [0.1, 0.15) is 11.2 Å². The van der Waals surface area contributed by atoms with Crippen molar-refractivity contribution in [2.45, 2.75) is 6.42 Å². The molecule has 154 valence electrons. The van der Waals surface area contributed by atoms with Crippen LogP contribution in [0, 0.1) is 0 Å². The van der Waals surface area contributed by atoms with Crippen molar-refractivity contribution >= 4 is 43.7 Å². The fourth-order valence-corrected chi connectivity index (χ4v) is 5.88. The number of furan rings is 1. The zero-order valence-electron chi connectivity index (χ0n) is 17.9. The molecule has 7 aromatic rings. The minimum absolute atomic E-state index is 0.933. The molecule has 8 rings (SSSR count). The summed E-state index contributed by atoms with van der Waals surface area (Å²) in [6.45, 7) is 0. The Balaban J connectivity index is 1.63. The smallest absolute Gasteiger partial charge is 0.137 e. The van der Waals surface area contributed by atoms with Crippen molar-refractivity contribution < 1.29 is 4.42 Å². The Morgan fingerprint density at radius 1 is 0.576 bits per heavy atom. The van der Waals surface area contributed by atoms with E-state index in [-0.39, 0.29) is 0 Å². The minimum atomic E-state index is 0.933. The lowest BCUT2D eigenvalue weighted by molar-refractivity contribution is 0.669. The first kappa shape index (κ1) is 17.3. The van der Waals surface area contributed by atoms with Gasteiger partial charge in [0.05, 0.1) is 16.4 Å². The van der Waals surface area contributed by atoms with E-state index >= 15 is 0 Å². The number of fused-ring (bicyclic) bond motifs is 11.